The first kappa shape index (κ1) is 18.0. The van der Waals surface area contributed by atoms with Crippen LogP contribution in [-0.4, -0.2) is 36.6 Å². The van der Waals surface area contributed by atoms with E-state index in [0.29, 0.717) is 6.67 Å². The van der Waals surface area contributed by atoms with Crippen LogP contribution in [-0.2, 0) is 10.3 Å². The van der Waals surface area contributed by atoms with Gasteiger partial charge < -0.3 is 10.2 Å². The van der Waals surface area contributed by atoms with E-state index in [2.05, 4.69) is 5.32 Å². The number of nitrogens with zero attached hydrogens (tertiary/aromatic N) is 1. The number of amides is 3. The molecule has 0 radical (unpaired) electrons. The molecule has 3 amide bonds. The Kier molecular flexibility index (Phi) is 4.87. The summed E-state index contributed by atoms with van der Waals surface area (Å²) in [5.74, 6) is -0.141. The minimum atomic E-state index is -0.997. The number of likely N-dealkylation sites (tertiary alicyclic amines) is 1. The first-order valence-corrected chi connectivity index (χ1v) is 10.0. The number of carbonyl (C=O) groups excluding carboxylic acids is 2. The molecule has 0 aromatic heterocycles. The first-order chi connectivity index (χ1) is 13.1. The Morgan fingerprint density at radius 3 is 2.37 bits per heavy atom. The highest BCUT2D eigenvalue weighted by molar-refractivity contribution is 6.07. The van der Waals surface area contributed by atoms with Crippen molar-refractivity contribution in [2.75, 3.05) is 19.8 Å². The van der Waals surface area contributed by atoms with E-state index in [1.807, 2.05) is 49.4 Å². The molecule has 5 nitrogen and oxygen atoms in total. The van der Waals surface area contributed by atoms with Crippen LogP contribution in [0.5, 0.6) is 0 Å². The van der Waals surface area contributed by atoms with Crippen molar-refractivity contribution in [3.8, 4) is 0 Å². The standard InChI is InChI=1S/C22H27N3O2/c1-22(19-12-11-17-9-5-6-10-18(17)15-19)20(26)25(21(27)23-22)16-24-13-7-3-2-4-8-14-24/h5-6,9-12,15H,2-4,7-8,13-14,16H2,1H3,(H,23,27)/p+1/t22-/m0/s1. The number of imide groups is 1. The van der Waals surface area contributed by atoms with Gasteiger partial charge >= 0.3 is 6.03 Å². The second kappa shape index (κ2) is 7.31. The van der Waals surface area contributed by atoms with Gasteiger partial charge in [-0.05, 0) is 55.0 Å². The van der Waals surface area contributed by atoms with Gasteiger partial charge in [-0.15, -0.1) is 0 Å². The molecule has 2 heterocycles. The largest absolute Gasteiger partial charge is 0.329 e. The second-order valence-corrected chi connectivity index (χ2v) is 8.03. The molecule has 2 aromatic carbocycles. The highest BCUT2D eigenvalue weighted by atomic mass is 16.2. The molecule has 2 N–H and O–H groups in total. The number of nitrogens with one attached hydrogen (secondary N) is 2. The van der Waals surface area contributed by atoms with Crippen LogP contribution in [0, 0.1) is 0 Å². The fourth-order valence-electron chi connectivity index (χ4n) is 4.32. The number of urea groups is 1. The van der Waals surface area contributed by atoms with Crippen LogP contribution in [0.1, 0.15) is 44.6 Å². The lowest BCUT2D eigenvalue weighted by molar-refractivity contribution is -0.908. The molecule has 2 aromatic rings. The van der Waals surface area contributed by atoms with Gasteiger partial charge in [-0.3, -0.25) is 4.79 Å². The van der Waals surface area contributed by atoms with Crippen molar-refractivity contribution in [2.24, 2.45) is 0 Å². The molecule has 27 heavy (non-hydrogen) atoms. The fraction of sp³-hybridized carbons (Fsp3) is 0.455. The average Bonchev–Trinajstić information content (AvgIpc) is 2.87. The van der Waals surface area contributed by atoms with Crippen molar-refractivity contribution in [3.05, 3.63) is 48.0 Å². The summed E-state index contributed by atoms with van der Waals surface area (Å²) in [6.07, 6.45) is 6.13. The number of carbonyl (C=O) groups is 2. The summed E-state index contributed by atoms with van der Waals surface area (Å²) in [4.78, 5) is 28.6. The zero-order valence-corrected chi connectivity index (χ0v) is 16.0. The monoisotopic (exact) mass is 366 g/mol. The molecule has 0 saturated carbocycles. The molecule has 2 aliphatic rings. The van der Waals surface area contributed by atoms with Crippen LogP contribution in [0.3, 0.4) is 0 Å². The molecule has 2 saturated heterocycles. The van der Waals surface area contributed by atoms with Crippen LogP contribution < -0.4 is 10.2 Å². The van der Waals surface area contributed by atoms with Gasteiger partial charge in [0.2, 0.25) is 0 Å². The quantitative estimate of drug-likeness (QED) is 0.820. The molecule has 0 spiro atoms. The molecule has 0 unspecified atom stereocenters. The minimum Gasteiger partial charge on any atom is -0.319 e. The average molecular weight is 366 g/mol. The normalized spacial score (nSPS) is 24.7. The predicted molar refractivity (Wildman–Crippen MR) is 105 cm³/mol. The third-order valence-corrected chi connectivity index (χ3v) is 6.04. The van der Waals surface area contributed by atoms with Gasteiger partial charge in [-0.1, -0.05) is 42.8 Å². The maximum absolute atomic E-state index is 13.2. The van der Waals surface area contributed by atoms with Crippen molar-refractivity contribution in [1.82, 2.24) is 10.2 Å². The lowest BCUT2D eigenvalue weighted by Gasteiger charge is -2.26. The van der Waals surface area contributed by atoms with E-state index in [9.17, 15) is 9.59 Å². The highest BCUT2D eigenvalue weighted by Crippen LogP contribution is 2.30. The Balaban J connectivity index is 1.56. The van der Waals surface area contributed by atoms with Crippen molar-refractivity contribution in [2.45, 2.75) is 44.6 Å². The third kappa shape index (κ3) is 3.44. The predicted octanol–water partition coefficient (Wildman–Crippen LogP) is 2.41. The van der Waals surface area contributed by atoms with E-state index in [-0.39, 0.29) is 11.9 Å². The summed E-state index contributed by atoms with van der Waals surface area (Å²) in [5.41, 5.74) is -0.159. The van der Waals surface area contributed by atoms with Gasteiger partial charge in [0, 0.05) is 0 Å². The van der Waals surface area contributed by atoms with E-state index in [1.165, 1.54) is 41.9 Å². The van der Waals surface area contributed by atoms with E-state index < -0.39 is 5.54 Å². The first-order valence-electron chi connectivity index (χ1n) is 10.0. The van der Waals surface area contributed by atoms with Crippen LogP contribution >= 0.6 is 0 Å². The Morgan fingerprint density at radius 2 is 1.63 bits per heavy atom. The summed E-state index contributed by atoms with van der Waals surface area (Å²) in [5, 5.41) is 5.16. The Morgan fingerprint density at radius 1 is 0.963 bits per heavy atom. The van der Waals surface area contributed by atoms with Gasteiger partial charge in [0.05, 0.1) is 13.1 Å². The zero-order valence-electron chi connectivity index (χ0n) is 16.0. The van der Waals surface area contributed by atoms with Gasteiger partial charge in [-0.2, -0.15) is 0 Å². The van der Waals surface area contributed by atoms with Gasteiger partial charge in [-0.25, -0.2) is 9.69 Å². The van der Waals surface area contributed by atoms with Crippen LogP contribution in [0.15, 0.2) is 42.5 Å². The van der Waals surface area contributed by atoms with E-state index in [0.717, 1.165) is 29.4 Å². The molecule has 142 valence electrons. The van der Waals surface area contributed by atoms with E-state index in [1.54, 1.807) is 0 Å². The maximum Gasteiger partial charge on any atom is 0.329 e. The maximum atomic E-state index is 13.2. The van der Waals surface area contributed by atoms with Gasteiger partial charge in [0.15, 0.2) is 6.67 Å². The molecule has 2 aliphatic heterocycles. The van der Waals surface area contributed by atoms with Crippen molar-refractivity contribution < 1.29 is 14.5 Å². The molecule has 4 rings (SSSR count). The Labute approximate surface area is 160 Å². The topological polar surface area (TPSA) is 53.9 Å². The molecule has 0 bridgehead atoms. The molecular weight excluding hydrogens is 338 g/mol. The van der Waals surface area contributed by atoms with Crippen LogP contribution in [0.4, 0.5) is 4.79 Å². The SMILES string of the molecule is C[C@@]1(c2ccc3ccccc3c2)NC(=O)N(C[NH+]2CCCCCCC2)C1=O. The summed E-state index contributed by atoms with van der Waals surface area (Å²) in [7, 11) is 0. The summed E-state index contributed by atoms with van der Waals surface area (Å²) < 4.78 is 0. The number of quaternary nitrogens is 1. The summed E-state index contributed by atoms with van der Waals surface area (Å²) in [6, 6.07) is 13.8. The van der Waals surface area contributed by atoms with Crippen molar-refractivity contribution in [1.29, 1.82) is 0 Å². The minimum absolute atomic E-state index is 0.141. The lowest BCUT2D eigenvalue weighted by atomic mass is 9.90. The van der Waals surface area contributed by atoms with E-state index in [4.69, 9.17) is 0 Å². The number of rotatable bonds is 3. The van der Waals surface area contributed by atoms with Crippen molar-refractivity contribution in [3.63, 3.8) is 0 Å². The molecule has 2 fully saturated rings. The number of fused-ring (bicyclic) bond motifs is 1. The zero-order chi connectivity index (χ0) is 18.9. The molecule has 0 aliphatic carbocycles. The van der Waals surface area contributed by atoms with Crippen LogP contribution in [0.2, 0.25) is 0 Å². The van der Waals surface area contributed by atoms with Crippen LogP contribution in [0.25, 0.3) is 10.8 Å². The number of benzene rings is 2. The molecular formula is C22H28N3O2+. The Bertz CT molecular complexity index is 858. The Hall–Kier alpha value is -2.40. The third-order valence-electron chi connectivity index (χ3n) is 6.04. The lowest BCUT2D eigenvalue weighted by Crippen LogP contribution is -3.13. The van der Waals surface area contributed by atoms with Gasteiger partial charge in [0.1, 0.15) is 5.54 Å². The van der Waals surface area contributed by atoms with E-state index >= 15 is 0 Å². The highest BCUT2D eigenvalue weighted by Gasteiger charge is 2.50. The number of hydrogen-bond donors (Lipinski definition) is 2. The van der Waals surface area contributed by atoms with Crippen molar-refractivity contribution >= 4 is 22.7 Å². The summed E-state index contributed by atoms with van der Waals surface area (Å²) in [6.45, 7) is 4.35. The van der Waals surface area contributed by atoms with Gasteiger partial charge in [0.25, 0.3) is 5.91 Å². The number of hydrogen-bond acceptors (Lipinski definition) is 2. The second-order valence-electron chi connectivity index (χ2n) is 8.03. The molecule has 5 heteroatoms. The molecule has 1 atom stereocenters. The smallest absolute Gasteiger partial charge is 0.319 e. The fourth-order valence-corrected chi connectivity index (χ4v) is 4.32. The summed E-state index contributed by atoms with van der Waals surface area (Å²) >= 11 is 0.